The van der Waals surface area contributed by atoms with Crippen molar-refractivity contribution in [3.05, 3.63) is 39.7 Å². The van der Waals surface area contributed by atoms with Crippen LogP contribution in [0.25, 0.3) is 5.69 Å². The van der Waals surface area contributed by atoms with Crippen molar-refractivity contribution in [3.63, 3.8) is 0 Å². The number of halogens is 1. The highest BCUT2D eigenvalue weighted by Crippen LogP contribution is 2.25. The molecular formula is C16H20IN3. The van der Waals surface area contributed by atoms with Crippen LogP contribution in [0, 0.1) is 10.5 Å². The fourth-order valence-electron chi connectivity index (χ4n) is 2.86. The van der Waals surface area contributed by atoms with Crippen LogP contribution < -0.4 is 5.32 Å². The molecule has 1 aromatic heterocycles. The molecule has 106 valence electrons. The van der Waals surface area contributed by atoms with Gasteiger partial charge >= 0.3 is 0 Å². The molecule has 1 heterocycles. The van der Waals surface area contributed by atoms with Gasteiger partial charge in [-0.1, -0.05) is 31.4 Å². The lowest BCUT2D eigenvalue weighted by Gasteiger charge is -2.23. The van der Waals surface area contributed by atoms with Gasteiger partial charge in [0.2, 0.25) is 5.95 Å². The summed E-state index contributed by atoms with van der Waals surface area (Å²) in [6.07, 6.45) is 8.68. The minimum Gasteiger partial charge on any atom is -0.353 e. The Kier molecular flexibility index (Phi) is 4.29. The zero-order valence-electron chi connectivity index (χ0n) is 11.8. The minimum atomic E-state index is 0.575. The Labute approximate surface area is 133 Å². The van der Waals surface area contributed by atoms with Crippen molar-refractivity contribution >= 4 is 28.5 Å². The van der Waals surface area contributed by atoms with Gasteiger partial charge in [0.25, 0.3) is 0 Å². The first-order valence-electron chi connectivity index (χ1n) is 7.31. The Hall–Kier alpha value is -1.04. The van der Waals surface area contributed by atoms with E-state index in [0.717, 1.165) is 11.6 Å². The molecule has 20 heavy (non-hydrogen) atoms. The molecule has 0 atom stereocenters. The summed E-state index contributed by atoms with van der Waals surface area (Å²) < 4.78 is 3.43. The van der Waals surface area contributed by atoms with E-state index in [9.17, 15) is 0 Å². The number of para-hydroxylation sites is 1. The number of rotatable bonds is 3. The van der Waals surface area contributed by atoms with Crippen molar-refractivity contribution in [2.24, 2.45) is 0 Å². The van der Waals surface area contributed by atoms with Crippen molar-refractivity contribution in [2.45, 2.75) is 45.1 Å². The number of anilines is 1. The molecule has 2 aromatic rings. The molecule has 0 amide bonds. The molecule has 3 nitrogen and oxygen atoms in total. The van der Waals surface area contributed by atoms with Gasteiger partial charge in [-0.25, -0.2) is 4.98 Å². The zero-order valence-corrected chi connectivity index (χ0v) is 13.9. The van der Waals surface area contributed by atoms with Crippen molar-refractivity contribution in [1.29, 1.82) is 0 Å². The lowest BCUT2D eigenvalue weighted by molar-refractivity contribution is 0.460. The topological polar surface area (TPSA) is 29.9 Å². The van der Waals surface area contributed by atoms with E-state index in [1.165, 1.54) is 41.4 Å². The Morgan fingerprint density at radius 3 is 2.70 bits per heavy atom. The van der Waals surface area contributed by atoms with Crippen LogP contribution in [0.2, 0.25) is 0 Å². The number of nitrogens with zero attached hydrogens (tertiary/aromatic N) is 2. The van der Waals surface area contributed by atoms with Gasteiger partial charge in [-0.3, -0.25) is 4.57 Å². The van der Waals surface area contributed by atoms with Gasteiger partial charge in [-0.2, -0.15) is 0 Å². The number of benzene rings is 1. The third-order valence-electron chi connectivity index (χ3n) is 3.88. The van der Waals surface area contributed by atoms with E-state index >= 15 is 0 Å². The van der Waals surface area contributed by atoms with Gasteiger partial charge < -0.3 is 5.32 Å². The minimum absolute atomic E-state index is 0.575. The normalized spacial score (nSPS) is 16.3. The molecule has 1 aliphatic carbocycles. The largest absolute Gasteiger partial charge is 0.353 e. The molecule has 1 fully saturated rings. The molecule has 1 saturated carbocycles. The van der Waals surface area contributed by atoms with E-state index in [1.807, 2.05) is 0 Å². The lowest BCUT2D eigenvalue weighted by atomic mass is 9.96. The lowest BCUT2D eigenvalue weighted by Crippen LogP contribution is -2.24. The van der Waals surface area contributed by atoms with Crippen LogP contribution in [0.4, 0.5) is 5.95 Å². The number of aromatic nitrogens is 2. The number of aryl methyl sites for hydroxylation is 1. The maximum atomic E-state index is 4.67. The number of hydrogen-bond acceptors (Lipinski definition) is 2. The van der Waals surface area contributed by atoms with E-state index in [4.69, 9.17) is 0 Å². The highest BCUT2D eigenvalue weighted by Gasteiger charge is 2.17. The van der Waals surface area contributed by atoms with Gasteiger partial charge in [0.15, 0.2) is 0 Å². The summed E-state index contributed by atoms with van der Waals surface area (Å²) in [5.74, 6) is 0.985. The molecule has 0 bridgehead atoms. The average molecular weight is 381 g/mol. The number of imidazole rings is 1. The van der Waals surface area contributed by atoms with Crippen LogP contribution in [0.15, 0.2) is 30.5 Å². The van der Waals surface area contributed by atoms with Gasteiger partial charge in [-0.15, -0.1) is 0 Å². The highest BCUT2D eigenvalue weighted by atomic mass is 127. The SMILES string of the molecule is Cc1cn(-c2ccccc2I)c(NC2CCCCC2)n1. The second kappa shape index (κ2) is 6.16. The number of nitrogens with one attached hydrogen (secondary N) is 1. The molecule has 0 radical (unpaired) electrons. The molecule has 1 aliphatic rings. The fourth-order valence-corrected chi connectivity index (χ4v) is 3.51. The molecule has 0 aliphatic heterocycles. The van der Waals surface area contributed by atoms with E-state index in [0.29, 0.717) is 6.04 Å². The fraction of sp³-hybridized carbons (Fsp3) is 0.438. The summed E-state index contributed by atoms with van der Waals surface area (Å²) in [5, 5.41) is 3.64. The first-order valence-corrected chi connectivity index (χ1v) is 8.39. The third kappa shape index (κ3) is 3.00. The Morgan fingerprint density at radius 1 is 1.20 bits per heavy atom. The molecule has 0 unspecified atom stereocenters. The summed E-state index contributed by atoms with van der Waals surface area (Å²) in [6.45, 7) is 2.05. The summed E-state index contributed by atoms with van der Waals surface area (Å²) in [6, 6.07) is 9.01. The van der Waals surface area contributed by atoms with Crippen molar-refractivity contribution in [1.82, 2.24) is 9.55 Å². The van der Waals surface area contributed by atoms with Crippen molar-refractivity contribution in [2.75, 3.05) is 5.32 Å². The monoisotopic (exact) mass is 381 g/mol. The third-order valence-corrected chi connectivity index (χ3v) is 4.79. The molecular weight excluding hydrogens is 361 g/mol. The van der Waals surface area contributed by atoms with Crippen molar-refractivity contribution < 1.29 is 0 Å². The van der Waals surface area contributed by atoms with Gasteiger partial charge in [0.05, 0.1) is 11.4 Å². The second-order valence-electron chi connectivity index (χ2n) is 5.51. The van der Waals surface area contributed by atoms with Crippen LogP contribution >= 0.6 is 22.6 Å². The van der Waals surface area contributed by atoms with Gasteiger partial charge in [-0.05, 0) is 54.5 Å². The molecule has 4 heteroatoms. The number of hydrogen-bond donors (Lipinski definition) is 1. The quantitative estimate of drug-likeness (QED) is 0.792. The Balaban J connectivity index is 1.90. The van der Waals surface area contributed by atoms with Crippen LogP contribution in [0.1, 0.15) is 37.8 Å². The van der Waals surface area contributed by atoms with Crippen LogP contribution in [-0.2, 0) is 0 Å². The maximum absolute atomic E-state index is 4.67. The summed E-state index contributed by atoms with van der Waals surface area (Å²) >= 11 is 2.38. The zero-order chi connectivity index (χ0) is 13.9. The van der Waals surface area contributed by atoms with E-state index < -0.39 is 0 Å². The van der Waals surface area contributed by atoms with Crippen LogP contribution in [-0.4, -0.2) is 15.6 Å². The summed E-state index contributed by atoms with van der Waals surface area (Å²) in [4.78, 5) is 4.67. The molecule has 1 aromatic carbocycles. The summed E-state index contributed by atoms with van der Waals surface area (Å²) in [5.41, 5.74) is 2.26. The first-order chi connectivity index (χ1) is 9.74. The molecule has 0 saturated heterocycles. The predicted molar refractivity (Wildman–Crippen MR) is 91.5 cm³/mol. The molecule has 3 rings (SSSR count). The van der Waals surface area contributed by atoms with Crippen LogP contribution in [0.5, 0.6) is 0 Å². The second-order valence-corrected chi connectivity index (χ2v) is 6.67. The standard InChI is InChI=1S/C16H20IN3/c1-12-11-20(15-10-6-5-9-14(15)17)16(18-12)19-13-7-3-2-4-8-13/h5-6,9-11,13H,2-4,7-8H2,1H3,(H,18,19). The van der Waals surface area contributed by atoms with Gasteiger partial charge in [0, 0.05) is 15.8 Å². The van der Waals surface area contributed by atoms with E-state index in [-0.39, 0.29) is 0 Å². The van der Waals surface area contributed by atoms with Crippen LogP contribution in [0.3, 0.4) is 0 Å². The highest BCUT2D eigenvalue weighted by molar-refractivity contribution is 14.1. The van der Waals surface area contributed by atoms with Crippen molar-refractivity contribution in [3.8, 4) is 5.69 Å². The average Bonchev–Trinajstić information content (AvgIpc) is 2.81. The van der Waals surface area contributed by atoms with Gasteiger partial charge in [0.1, 0.15) is 0 Å². The predicted octanol–water partition coefficient (Wildman–Crippen LogP) is 4.53. The Morgan fingerprint density at radius 2 is 1.95 bits per heavy atom. The first kappa shape index (κ1) is 13.9. The smallest absolute Gasteiger partial charge is 0.207 e. The molecule has 0 spiro atoms. The van der Waals surface area contributed by atoms with E-state index in [1.54, 1.807) is 0 Å². The summed E-state index contributed by atoms with van der Waals surface area (Å²) in [7, 11) is 0. The van der Waals surface area contributed by atoms with E-state index in [2.05, 4.69) is 74.8 Å². The Bertz CT molecular complexity index is 585. The molecule has 1 N–H and O–H groups in total. The maximum Gasteiger partial charge on any atom is 0.207 e.